The summed E-state index contributed by atoms with van der Waals surface area (Å²) in [5.74, 6) is 0.911. The fourth-order valence-electron chi connectivity index (χ4n) is 6.92. The Labute approximate surface area is 295 Å². The van der Waals surface area contributed by atoms with Crippen LogP contribution in [0.4, 0.5) is 17.1 Å². The van der Waals surface area contributed by atoms with Gasteiger partial charge in [0.1, 0.15) is 6.61 Å². The predicted octanol–water partition coefficient (Wildman–Crippen LogP) is 6.03. The molecule has 268 valence electrons. The summed E-state index contributed by atoms with van der Waals surface area (Å²) < 4.78 is 34.3. The molecule has 2 aliphatic heterocycles. The number of benzene rings is 3. The molecule has 1 atom stereocenters. The number of hydrazine groups is 1. The molecule has 0 bridgehead atoms. The van der Waals surface area contributed by atoms with Crippen molar-refractivity contribution in [3.63, 3.8) is 0 Å². The molecule has 3 aliphatic rings. The monoisotopic (exact) mass is 686 g/mol. The Bertz CT molecular complexity index is 1610. The Kier molecular flexibility index (Phi) is 12.7. The van der Waals surface area contributed by atoms with E-state index in [-0.39, 0.29) is 18.6 Å². The second-order valence-corrected chi connectivity index (χ2v) is 12.9. The fraction of sp³-hybridized carbons (Fsp3) is 0.487. The number of ether oxygens (including phenoxy) is 6. The summed E-state index contributed by atoms with van der Waals surface area (Å²) in [6.45, 7) is 4.14. The number of anilines is 2. The van der Waals surface area contributed by atoms with Crippen LogP contribution >= 0.6 is 0 Å². The summed E-state index contributed by atoms with van der Waals surface area (Å²) in [5, 5.41) is 2.21. The van der Waals surface area contributed by atoms with Crippen LogP contribution in [0.2, 0.25) is 0 Å². The van der Waals surface area contributed by atoms with Crippen molar-refractivity contribution in [3.8, 4) is 11.5 Å². The van der Waals surface area contributed by atoms with Gasteiger partial charge in [0.15, 0.2) is 11.5 Å². The van der Waals surface area contributed by atoms with Gasteiger partial charge in [0, 0.05) is 44.7 Å². The molecule has 0 radical (unpaired) electrons. The SMILES string of the molecule is COCCOCCOCCN(NC1CCCCC1)c1cc(COC)cc(COc2cc3c(cc2OC)C(=O)N2c4ccccc4C[C@H]2C=N3)c1. The highest BCUT2D eigenvalue weighted by Gasteiger charge is 2.36. The van der Waals surface area contributed by atoms with Gasteiger partial charge in [-0.2, -0.15) is 0 Å². The molecule has 0 unspecified atom stereocenters. The first-order chi connectivity index (χ1) is 24.6. The number of methoxy groups -OCH3 is 3. The van der Waals surface area contributed by atoms with Crippen molar-refractivity contribution in [1.82, 2.24) is 5.43 Å². The average molecular weight is 687 g/mol. The van der Waals surface area contributed by atoms with Gasteiger partial charge in [-0.25, -0.2) is 5.43 Å². The standard InChI is InChI=1S/C39H50N4O7/c1-45-15-16-49-18-17-48-14-13-42(41-31-10-5-4-6-11-31)32-20-28(26-46-2)19-29(21-32)27-50-38-24-35-34(23-37(38)47-3)39(44)43-33(25-40-35)22-30-9-7-8-12-36(30)43/h7-9,12,19-21,23-25,31,33,41H,4-6,10-11,13-18,22,26-27H2,1-3H3/t33-/m0/s1. The van der Waals surface area contributed by atoms with E-state index in [9.17, 15) is 4.79 Å². The highest BCUT2D eigenvalue weighted by Crippen LogP contribution is 2.41. The van der Waals surface area contributed by atoms with Gasteiger partial charge in [0.05, 0.1) is 76.3 Å². The number of hydrogen-bond acceptors (Lipinski definition) is 10. The molecule has 2 heterocycles. The molecule has 1 N–H and O–H groups in total. The lowest BCUT2D eigenvalue weighted by Gasteiger charge is -2.33. The summed E-state index contributed by atoms with van der Waals surface area (Å²) in [6.07, 6.45) is 8.64. The van der Waals surface area contributed by atoms with E-state index < -0.39 is 0 Å². The molecule has 3 aromatic carbocycles. The molecule has 3 aromatic rings. The van der Waals surface area contributed by atoms with Gasteiger partial charge in [-0.05, 0) is 59.9 Å². The number of fused-ring (bicyclic) bond motifs is 4. The van der Waals surface area contributed by atoms with Gasteiger partial charge >= 0.3 is 0 Å². The minimum atomic E-state index is -0.130. The van der Waals surface area contributed by atoms with Gasteiger partial charge < -0.3 is 33.4 Å². The van der Waals surface area contributed by atoms with Gasteiger partial charge in [0.25, 0.3) is 5.91 Å². The molecular formula is C39H50N4O7. The van der Waals surface area contributed by atoms with Gasteiger partial charge in [0.2, 0.25) is 0 Å². The third kappa shape index (κ3) is 8.83. The van der Waals surface area contributed by atoms with Crippen LogP contribution in [0.25, 0.3) is 0 Å². The summed E-state index contributed by atoms with van der Waals surface area (Å²) in [7, 11) is 4.96. The molecule has 1 fully saturated rings. The van der Waals surface area contributed by atoms with Crippen molar-refractivity contribution in [2.24, 2.45) is 4.99 Å². The first-order valence-electron chi connectivity index (χ1n) is 17.7. The van der Waals surface area contributed by atoms with Gasteiger partial charge in [-0.1, -0.05) is 37.5 Å². The summed E-state index contributed by atoms with van der Waals surface area (Å²) in [4.78, 5) is 20.5. The smallest absolute Gasteiger partial charge is 0.261 e. The molecule has 0 aromatic heterocycles. The van der Waals surface area contributed by atoms with E-state index in [0.717, 1.165) is 47.3 Å². The third-order valence-corrected chi connectivity index (χ3v) is 9.39. The van der Waals surface area contributed by atoms with Gasteiger partial charge in [-0.15, -0.1) is 0 Å². The number of para-hydroxylation sites is 1. The Morgan fingerprint density at radius 2 is 1.60 bits per heavy atom. The fourth-order valence-corrected chi connectivity index (χ4v) is 6.92. The molecular weight excluding hydrogens is 636 g/mol. The molecule has 11 nitrogen and oxygen atoms in total. The molecule has 0 spiro atoms. The van der Waals surface area contributed by atoms with Crippen LogP contribution in [0.5, 0.6) is 11.5 Å². The number of carbonyl (C=O) groups excluding carboxylic acids is 1. The third-order valence-electron chi connectivity index (χ3n) is 9.39. The van der Waals surface area contributed by atoms with Crippen molar-refractivity contribution in [2.75, 3.05) is 70.8 Å². The van der Waals surface area contributed by atoms with Crippen molar-refractivity contribution in [3.05, 3.63) is 76.9 Å². The maximum Gasteiger partial charge on any atom is 0.261 e. The summed E-state index contributed by atoms with van der Waals surface area (Å²) >= 11 is 0. The average Bonchev–Trinajstić information content (AvgIpc) is 3.46. The van der Waals surface area contributed by atoms with Crippen molar-refractivity contribution in [2.45, 2.75) is 63.8 Å². The van der Waals surface area contributed by atoms with Gasteiger partial charge in [-0.3, -0.25) is 14.7 Å². The van der Waals surface area contributed by atoms with Crippen LogP contribution in [0.15, 0.2) is 59.6 Å². The summed E-state index contributed by atoms with van der Waals surface area (Å²) in [5.41, 5.74) is 9.97. The topological polar surface area (TPSA) is 103 Å². The molecule has 1 saturated carbocycles. The van der Waals surface area contributed by atoms with E-state index in [1.807, 2.05) is 35.4 Å². The first kappa shape index (κ1) is 35.8. The number of nitrogens with one attached hydrogen (secondary N) is 1. The number of hydrogen-bond donors (Lipinski definition) is 1. The summed E-state index contributed by atoms with van der Waals surface area (Å²) in [6, 6.07) is 18.3. The number of rotatable bonds is 18. The Hall–Kier alpha value is -4.00. The molecule has 50 heavy (non-hydrogen) atoms. The first-order valence-corrected chi connectivity index (χ1v) is 17.7. The maximum absolute atomic E-state index is 13.9. The highest BCUT2D eigenvalue weighted by atomic mass is 16.5. The second kappa shape index (κ2) is 17.8. The zero-order chi connectivity index (χ0) is 34.7. The largest absolute Gasteiger partial charge is 0.493 e. The maximum atomic E-state index is 13.9. The van der Waals surface area contributed by atoms with Crippen LogP contribution in [0.3, 0.4) is 0 Å². The van der Waals surface area contributed by atoms with Crippen molar-refractivity contribution >= 4 is 29.2 Å². The van der Waals surface area contributed by atoms with Crippen LogP contribution in [-0.2, 0) is 38.6 Å². The lowest BCUT2D eigenvalue weighted by Crippen LogP contribution is -2.47. The van der Waals surface area contributed by atoms with Crippen LogP contribution < -0.4 is 24.8 Å². The molecule has 0 saturated heterocycles. The van der Waals surface area contributed by atoms with Crippen LogP contribution in [0.1, 0.15) is 59.2 Å². The van der Waals surface area contributed by atoms with Crippen molar-refractivity contribution < 1.29 is 33.2 Å². The van der Waals surface area contributed by atoms with Crippen LogP contribution in [-0.4, -0.2) is 85.1 Å². The number of aliphatic imine (C=N–C) groups is 1. The Morgan fingerprint density at radius 1 is 0.840 bits per heavy atom. The molecule has 1 aliphatic carbocycles. The highest BCUT2D eigenvalue weighted by molar-refractivity contribution is 6.14. The van der Waals surface area contributed by atoms with E-state index in [4.69, 9.17) is 33.4 Å². The number of amides is 1. The minimum Gasteiger partial charge on any atom is -0.493 e. The lowest BCUT2D eigenvalue weighted by atomic mass is 9.96. The molecule has 11 heteroatoms. The zero-order valence-electron chi connectivity index (χ0n) is 29.5. The Morgan fingerprint density at radius 3 is 2.38 bits per heavy atom. The van der Waals surface area contributed by atoms with E-state index in [2.05, 4.69) is 34.7 Å². The zero-order valence-corrected chi connectivity index (χ0v) is 29.5. The molecule has 1 amide bonds. The lowest BCUT2D eigenvalue weighted by molar-refractivity contribution is 0.0260. The molecule has 6 rings (SSSR count). The van der Waals surface area contributed by atoms with Crippen molar-refractivity contribution in [1.29, 1.82) is 0 Å². The van der Waals surface area contributed by atoms with E-state index in [1.165, 1.54) is 19.3 Å². The quantitative estimate of drug-likeness (QED) is 0.127. The predicted molar refractivity (Wildman–Crippen MR) is 194 cm³/mol. The number of nitrogens with zero attached hydrogens (tertiary/aromatic N) is 3. The number of carbonyl (C=O) groups is 1. The van der Waals surface area contributed by atoms with Crippen LogP contribution in [0, 0.1) is 0 Å². The minimum absolute atomic E-state index is 0.0950. The normalized spacial score (nSPS) is 16.9. The van der Waals surface area contributed by atoms with E-state index >= 15 is 0 Å². The second-order valence-electron chi connectivity index (χ2n) is 12.9. The van der Waals surface area contributed by atoms with E-state index in [1.54, 1.807) is 27.4 Å². The van der Waals surface area contributed by atoms with E-state index in [0.29, 0.717) is 75.0 Å². The Balaban J connectivity index is 1.19.